The van der Waals surface area contributed by atoms with E-state index >= 15 is 0 Å². The van der Waals surface area contributed by atoms with Crippen molar-refractivity contribution in [3.05, 3.63) is 17.0 Å². The van der Waals surface area contributed by atoms with Crippen LogP contribution >= 0.6 is 23.7 Å². The lowest BCUT2D eigenvalue weighted by Gasteiger charge is -2.30. The maximum atomic E-state index is 12.5. The van der Waals surface area contributed by atoms with Gasteiger partial charge in [-0.1, -0.05) is 20.8 Å². The molecule has 2 heterocycles. The molecular weight excluding hydrogens is 328 g/mol. The fraction of sp³-hybridized carbons (Fsp3) is 0.714. The molecule has 0 amide bonds. The topological polar surface area (TPSA) is 58.2 Å². The zero-order valence-electron chi connectivity index (χ0n) is 13.0. The summed E-state index contributed by atoms with van der Waals surface area (Å²) in [5.74, 6) is 0. The minimum atomic E-state index is -3.40. The molecule has 2 rings (SSSR count). The third-order valence-electron chi connectivity index (χ3n) is 3.65. The third-order valence-corrected chi connectivity index (χ3v) is 7.15. The maximum absolute atomic E-state index is 12.5. The Morgan fingerprint density at radius 3 is 2.52 bits per heavy atom. The lowest BCUT2D eigenvalue weighted by molar-refractivity contribution is 0.349. The molecule has 2 N–H and O–H groups in total. The average Bonchev–Trinajstić information content (AvgIpc) is 2.81. The van der Waals surface area contributed by atoms with Gasteiger partial charge in [-0.05, 0) is 43.9 Å². The van der Waals surface area contributed by atoms with Crippen LogP contribution in [0.25, 0.3) is 0 Å². The van der Waals surface area contributed by atoms with Gasteiger partial charge < -0.3 is 5.32 Å². The molecule has 1 saturated heterocycles. The van der Waals surface area contributed by atoms with E-state index in [2.05, 4.69) is 30.8 Å². The van der Waals surface area contributed by atoms with Crippen molar-refractivity contribution in [2.45, 2.75) is 62.2 Å². The van der Waals surface area contributed by atoms with Crippen LogP contribution in [0.2, 0.25) is 0 Å². The number of hydrogen-bond acceptors (Lipinski definition) is 4. The van der Waals surface area contributed by atoms with Crippen LogP contribution in [-0.2, 0) is 15.4 Å². The summed E-state index contributed by atoms with van der Waals surface area (Å²) in [4.78, 5) is 1.09. The molecule has 1 aromatic rings. The summed E-state index contributed by atoms with van der Waals surface area (Å²) >= 11 is 1.37. The second-order valence-corrected chi connectivity index (χ2v) is 9.51. The van der Waals surface area contributed by atoms with Gasteiger partial charge in [-0.3, -0.25) is 0 Å². The van der Waals surface area contributed by atoms with Crippen molar-refractivity contribution in [1.82, 2.24) is 10.0 Å². The monoisotopic (exact) mass is 352 g/mol. The van der Waals surface area contributed by atoms with E-state index in [0.29, 0.717) is 4.21 Å². The van der Waals surface area contributed by atoms with E-state index in [1.165, 1.54) is 11.3 Å². The summed E-state index contributed by atoms with van der Waals surface area (Å²) in [7, 11) is -3.40. The molecule has 1 aliphatic heterocycles. The molecule has 1 aromatic heterocycles. The summed E-state index contributed by atoms with van der Waals surface area (Å²) in [6.07, 6.45) is 1.90. The number of halogens is 1. The van der Waals surface area contributed by atoms with Crippen molar-refractivity contribution in [3.63, 3.8) is 0 Å². The van der Waals surface area contributed by atoms with Crippen LogP contribution in [-0.4, -0.2) is 27.0 Å². The average molecular weight is 353 g/mol. The van der Waals surface area contributed by atoms with E-state index < -0.39 is 10.0 Å². The number of sulfonamides is 1. The van der Waals surface area contributed by atoms with Crippen molar-refractivity contribution >= 4 is 33.8 Å². The van der Waals surface area contributed by atoms with Gasteiger partial charge >= 0.3 is 0 Å². The second kappa shape index (κ2) is 6.96. The van der Waals surface area contributed by atoms with Crippen molar-refractivity contribution in [3.8, 4) is 0 Å². The van der Waals surface area contributed by atoms with Crippen LogP contribution in [0.5, 0.6) is 0 Å². The van der Waals surface area contributed by atoms with Crippen molar-refractivity contribution in [2.24, 2.45) is 0 Å². The molecule has 0 aromatic carbocycles. The molecule has 7 heteroatoms. The lowest BCUT2D eigenvalue weighted by atomic mass is 9.95. The Balaban J connectivity index is 0.00000220. The molecule has 2 atom stereocenters. The second-order valence-electron chi connectivity index (χ2n) is 6.48. The van der Waals surface area contributed by atoms with Crippen LogP contribution in [0.1, 0.15) is 45.4 Å². The molecular formula is C14H25ClN2O2S2. The van der Waals surface area contributed by atoms with Crippen LogP contribution in [0, 0.1) is 0 Å². The molecule has 0 spiro atoms. The number of thiophene rings is 1. The first-order chi connectivity index (χ1) is 9.20. The van der Waals surface area contributed by atoms with Crippen molar-refractivity contribution in [2.75, 3.05) is 6.54 Å². The summed E-state index contributed by atoms with van der Waals surface area (Å²) in [5.41, 5.74) is -0.0158. The maximum Gasteiger partial charge on any atom is 0.250 e. The van der Waals surface area contributed by atoms with E-state index in [1.54, 1.807) is 6.07 Å². The van der Waals surface area contributed by atoms with Gasteiger partial charge in [-0.15, -0.1) is 23.7 Å². The van der Waals surface area contributed by atoms with Gasteiger partial charge in [0.05, 0.1) is 0 Å². The van der Waals surface area contributed by atoms with Gasteiger partial charge in [-0.25, -0.2) is 13.1 Å². The molecule has 2 unspecified atom stereocenters. The number of hydrogen-bond donors (Lipinski definition) is 2. The number of nitrogens with one attached hydrogen (secondary N) is 2. The van der Waals surface area contributed by atoms with Crippen LogP contribution < -0.4 is 10.0 Å². The van der Waals surface area contributed by atoms with Gasteiger partial charge in [0.1, 0.15) is 4.21 Å². The molecule has 0 aliphatic carbocycles. The Morgan fingerprint density at radius 1 is 1.33 bits per heavy atom. The van der Waals surface area contributed by atoms with E-state index in [-0.39, 0.29) is 29.9 Å². The van der Waals surface area contributed by atoms with Gasteiger partial charge in [0.25, 0.3) is 0 Å². The molecule has 1 aliphatic rings. The first-order valence-electron chi connectivity index (χ1n) is 7.06. The van der Waals surface area contributed by atoms with Crippen LogP contribution in [0.3, 0.4) is 0 Å². The SMILES string of the molecule is CC1NCCCC1NS(=O)(=O)c1ccc(C(C)(C)C)s1.Cl. The first-order valence-corrected chi connectivity index (χ1v) is 9.36. The van der Waals surface area contributed by atoms with Gasteiger partial charge in [0.15, 0.2) is 0 Å². The number of piperidine rings is 1. The fourth-order valence-corrected chi connectivity index (χ4v) is 5.06. The summed E-state index contributed by atoms with van der Waals surface area (Å²) < 4.78 is 28.2. The summed E-state index contributed by atoms with van der Waals surface area (Å²) in [6.45, 7) is 9.27. The zero-order valence-corrected chi connectivity index (χ0v) is 15.4. The van der Waals surface area contributed by atoms with Crippen molar-refractivity contribution in [1.29, 1.82) is 0 Å². The zero-order chi connectivity index (χ0) is 15.0. The Bertz CT molecular complexity index is 564. The highest BCUT2D eigenvalue weighted by Gasteiger charge is 2.28. The third kappa shape index (κ3) is 4.66. The van der Waals surface area contributed by atoms with E-state index in [4.69, 9.17) is 0 Å². The summed E-state index contributed by atoms with van der Waals surface area (Å²) in [5, 5.41) is 3.31. The molecule has 1 fully saturated rings. The molecule has 0 saturated carbocycles. The predicted octanol–water partition coefficient (Wildman–Crippen LogP) is 2.89. The van der Waals surface area contributed by atoms with Crippen LogP contribution in [0.15, 0.2) is 16.3 Å². The molecule has 0 radical (unpaired) electrons. The van der Waals surface area contributed by atoms with E-state index in [1.807, 2.05) is 13.0 Å². The number of rotatable bonds is 3. The highest BCUT2D eigenvalue weighted by molar-refractivity contribution is 7.91. The van der Waals surface area contributed by atoms with Crippen molar-refractivity contribution < 1.29 is 8.42 Å². The highest BCUT2D eigenvalue weighted by Crippen LogP contribution is 2.31. The first kappa shape index (κ1) is 18.9. The Kier molecular flexibility index (Phi) is 6.27. The standard InChI is InChI=1S/C14H24N2O2S2.ClH/c1-10-11(6-5-9-15-10)16-20(17,18)13-8-7-12(19-13)14(2,3)4;/h7-8,10-11,15-16H,5-6,9H2,1-4H3;1H. The normalized spacial score (nSPS) is 23.6. The molecule has 122 valence electrons. The van der Waals surface area contributed by atoms with Gasteiger partial charge in [0, 0.05) is 17.0 Å². The van der Waals surface area contributed by atoms with Gasteiger partial charge in [0.2, 0.25) is 10.0 Å². The molecule has 4 nitrogen and oxygen atoms in total. The largest absolute Gasteiger partial charge is 0.313 e. The Labute approximate surface area is 138 Å². The molecule has 21 heavy (non-hydrogen) atoms. The van der Waals surface area contributed by atoms with Gasteiger partial charge in [-0.2, -0.15) is 0 Å². The Morgan fingerprint density at radius 2 is 2.00 bits per heavy atom. The van der Waals surface area contributed by atoms with Crippen LogP contribution in [0.4, 0.5) is 0 Å². The van der Waals surface area contributed by atoms with E-state index in [0.717, 1.165) is 24.3 Å². The highest BCUT2D eigenvalue weighted by atomic mass is 35.5. The van der Waals surface area contributed by atoms with E-state index in [9.17, 15) is 8.42 Å². The minimum Gasteiger partial charge on any atom is -0.313 e. The smallest absolute Gasteiger partial charge is 0.250 e. The predicted molar refractivity (Wildman–Crippen MR) is 91.1 cm³/mol. The quantitative estimate of drug-likeness (QED) is 0.879. The lowest BCUT2D eigenvalue weighted by Crippen LogP contribution is -2.51. The summed E-state index contributed by atoms with van der Waals surface area (Å²) in [6, 6.07) is 3.80. The minimum absolute atomic E-state index is 0. The fourth-order valence-electron chi connectivity index (χ4n) is 2.33. The molecule has 0 bridgehead atoms. The Hall–Kier alpha value is -0.140.